The molecule has 8 nitrogen and oxygen atoms in total. The van der Waals surface area contributed by atoms with Gasteiger partial charge in [-0.2, -0.15) is 0 Å². The second kappa shape index (κ2) is 10.4. The molecule has 1 aliphatic rings. The number of piperazine rings is 1. The molecule has 0 saturated carbocycles. The molecule has 0 radical (unpaired) electrons. The zero-order valence-corrected chi connectivity index (χ0v) is 17.6. The highest BCUT2D eigenvalue weighted by atomic mass is 16.4. The Kier molecular flexibility index (Phi) is 8.16. The van der Waals surface area contributed by atoms with Crippen molar-refractivity contribution in [2.45, 2.75) is 45.4 Å². The topological polar surface area (TPSA) is 102 Å². The second-order valence-corrected chi connectivity index (χ2v) is 7.85. The number of nitrogens with zero attached hydrogens (tertiary/aromatic N) is 2. The zero-order valence-electron chi connectivity index (χ0n) is 17.6. The number of benzene rings is 1. The molecule has 3 atom stereocenters. The maximum atomic E-state index is 13.2. The van der Waals surface area contributed by atoms with Crippen LogP contribution >= 0.6 is 0 Å². The van der Waals surface area contributed by atoms with Crippen LogP contribution in [0, 0.1) is 5.92 Å². The molecule has 2 rings (SSSR count). The molecular weight excluding hydrogens is 372 g/mol. The first-order chi connectivity index (χ1) is 13.7. The molecule has 0 unspecified atom stereocenters. The quantitative estimate of drug-likeness (QED) is 0.584. The summed E-state index contributed by atoms with van der Waals surface area (Å²) in [5.41, 5.74) is 1.10. The van der Waals surface area contributed by atoms with Gasteiger partial charge in [0.2, 0.25) is 11.8 Å². The maximum Gasteiger partial charge on any atom is 0.327 e. The van der Waals surface area contributed by atoms with Gasteiger partial charge in [-0.05, 0) is 25.5 Å². The summed E-state index contributed by atoms with van der Waals surface area (Å²) < 4.78 is 0. The molecule has 1 saturated heterocycles. The highest BCUT2D eigenvalue weighted by molar-refractivity contribution is 5.92. The minimum Gasteiger partial charge on any atom is -0.480 e. The largest absolute Gasteiger partial charge is 0.480 e. The Morgan fingerprint density at radius 3 is 2.34 bits per heavy atom. The normalized spacial score (nSPS) is 19.6. The molecule has 3 N–H and O–H groups in total. The lowest BCUT2D eigenvalue weighted by Crippen LogP contribution is -2.63. The van der Waals surface area contributed by atoms with E-state index in [0.717, 1.165) is 5.56 Å². The van der Waals surface area contributed by atoms with Gasteiger partial charge >= 0.3 is 5.97 Å². The Balaban J connectivity index is 2.11. The van der Waals surface area contributed by atoms with Crippen LogP contribution < -0.4 is 10.6 Å². The fourth-order valence-electron chi connectivity index (χ4n) is 3.40. The number of carbonyl (C=O) groups excluding carboxylic acids is 2. The molecular formula is C21H32N4O4. The van der Waals surface area contributed by atoms with Crippen molar-refractivity contribution in [2.24, 2.45) is 5.92 Å². The van der Waals surface area contributed by atoms with Crippen molar-refractivity contribution < 1.29 is 19.5 Å². The van der Waals surface area contributed by atoms with Crippen molar-refractivity contribution in [3.05, 3.63) is 35.9 Å². The van der Waals surface area contributed by atoms with Crippen molar-refractivity contribution in [2.75, 3.05) is 26.7 Å². The SMILES string of the molecule is CN[C@@H](C)C(=O)N[C@H](C(=O)N1CCN(Cc2ccccc2)C[C@H]1C(=O)O)C(C)C. The number of nitrogens with one attached hydrogen (secondary N) is 2. The number of aliphatic carboxylic acids is 1. The van der Waals surface area contributed by atoms with Gasteiger partial charge in [-0.3, -0.25) is 14.5 Å². The second-order valence-electron chi connectivity index (χ2n) is 7.85. The van der Waals surface area contributed by atoms with E-state index in [1.807, 2.05) is 49.1 Å². The van der Waals surface area contributed by atoms with Gasteiger partial charge < -0.3 is 20.6 Å². The Morgan fingerprint density at radius 2 is 1.79 bits per heavy atom. The monoisotopic (exact) mass is 404 g/mol. The molecule has 1 fully saturated rings. The summed E-state index contributed by atoms with van der Waals surface area (Å²) >= 11 is 0. The average molecular weight is 405 g/mol. The van der Waals surface area contributed by atoms with Crippen LogP contribution in [0.5, 0.6) is 0 Å². The van der Waals surface area contributed by atoms with Crippen molar-refractivity contribution in [3.8, 4) is 0 Å². The molecule has 2 amide bonds. The van der Waals surface area contributed by atoms with Gasteiger partial charge in [-0.25, -0.2) is 4.79 Å². The number of hydrogen-bond acceptors (Lipinski definition) is 5. The summed E-state index contributed by atoms with van der Waals surface area (Å²) in [7, 11) is 1.67. The van der Waals surface area contributed by atoms with Crippen LogP contribution in [0.25, 0.3) is 0 Å². The standard InChI is InChI=1S/C21H32N4O4/c1-14(2)18(23-19(26)15(3)22-4)20(27)25-11-10-24(13-17(25)21(28)29)12-16-8-6-5-7-9-16/h5-9,14-15,17-18,22H,10-13H2,1-4H3,(H,23,26)(H,28,29)/t15-,17-,18-/m0/s1. The van der Waals surface area contributed by atoms with E-state index in [4.69, 9.17) is 0 Å². The number of carboxylic acids is 1. The number of carboxylic acid groups (broad SMARTS) is 1. The van der Waals surface area contributed by atoms with Gasteiger partial charge in [0.15, 0.2) is 0 Å². The van der Waals surface area contributed by atoms with E-state index in [1.54, 1.807) is 14.0 Å². The van der Waals surface area contributed by atoms with Crippen LogP contribution in [0.2, 0.25) is 0 Å². The lowest BCUT2D eigenvalue weighted by atomic mass is 10.00. The molecule has 8 heteroatoms. The highest BCUT2D eigenvalue weighted by Crippen LogP contribution is 2.17. The molecule has 0 aromatic heterocycles. The van der Waals surface area contributed by atoms with Gasteiger partial charge in [-0.1, -0.05) is 44.2 Å². The molecule has 0 bridgehead atoms. The van der Waals surface area contributed by atoms with Crippen LogP contribution in [0.3, 0.4) is 0 Å². The predicted molar refractivity (Wildman–Crippen MR) is 110 cm³/mol. The Bertz CT molecular complexity index is 710. The van der Waals surface area contributed by atoms with Crippen molar-refractivity contribution in [1.29, 1.82) is 0 Å². The first kappa shape index (κ1) is 22.8. The summed E-state index contributed by atoms with van der Waals surface area (Å²) in [6, 6.07) is 7.69. The molecule has 1 aliphatic heterocycles. The van der Waals surface area contributed by atoms with E-state index >= 15 is 0 Å². The number of likely N-dealkylation sites (N-methyl/N-ethyl adjacent to an activating group) is 1. The highest BCUT2D eigenvalue weighted by Gasteiger charge is 2.39. The minimum atomic E-state index is -1.03. The van der Waals surface area contributed by atoms with Gasteiger partial charge in [0, 0.05) is 26.2 Å². The number of carbonyl (C=O) groups is 3. The summed E-state index contributed by atoms with van der Waals surface area (Å²) in [4.78, 5) is 40.8. The molecule has 1 heterocycles. The summed E-state index contributed by atoms with van der Waals surface area (Å²) in [6.45, 7) is 7.17. The van der Waals surface area contributed by atoms with Gasteiger partial charge in [0.1, 0.15) is 12.1 Å². The van der Waals surface area contributed by atoms with E-state index in [9.17, 15) is 19.5 Å². The van der Waals surface area contributed by atoms with E-state index in [1.165, 1.54) is 4.90 Å². The fourth-order valence-corrected chi connectivity index (χ4v) is 3.40. The number of rotatable bonds is 8. The van der Waals surface area contributed by atoms with E-state index in [2.05, 4.69) is 10.6 Å². The smallest absolute Gasteiger partial charge is 0.327 e. The summed E-state index contributed by atoms with van der Waals surface area (Å²) in [6.07, 6.45) is 0. The third kappa shape index (κ3) is 6.01. The van der Waals surface area contributed by atoms with E-state index < -0.39 is 24.1 Å². The third-order valence-electron chi connectivity index (χ3n) is 5.34. The first-order valence-corrected chi connectivity index (χ1v) is 10.0. The van der Waals surface area contributed by atoms with Crippen LogP contribution in [0.4, 0.5) is 0 Å². The van der Waals surface area contributed by atoms with Crippen LogP contribution in [0.15, 0.2) is 30.3 Å². The zero-order chi connectivity index (χ0) is 21.6. The van der Waals surface area contributed by atoms with Gasteiger partial charge in [0.05, 0.1) is 6.04 Å². The number of amides is 2. The Hall–Kier alpha value is -2.45. The van der Waals surface area contributed by atoms with Crippen LogP contribution in [-0.2, 0) is 20.9 Å². The molecule has 0 spiro atoms. The van der Waals surface area contributed by atoms with E-state index in [0.29, 0.717) is 19.6 Å². The van der Waals surface area contributed by atoms with Crippen molar-refractivity contribution in [3.63, 3.8) is 0 Å². The molecule has 29 heavy (non-hydrogen) atoms. The molecule has 0 aliphatic carbocycles. The number of hydrogen-bond donors (Lipinski definition) is 3. The van der Waals surface area contributed by atoms with Gasteiger partial charge in [0.25, 0.3) is 0 Å². The summed E-state index contributed by atoms with van der Waals surface area (Å²) in [5.74, 6) is -1.82. The first-order valence-electron chi connectivity index (χ1n) is 10.0. The van der Waals surface area contributed by atoms with Crippen LogP contribution in [0.1, 0.15) is 26.3 Å². The van der Waals surface area contributed by atoms with Gasteiger partial charge in [-0.15, -0.1) is 0 Å². The third-order valence-corrected chi connectivity index (χ3v) is 5.34. The lowest BCUT2D eigenvalue weighted by molar-refractivity contribution is -0.155. The van der Waals surface area contributed by atoms with E-state index in [-0.39, 0.29) is 24.3 Å². The average Bonchev–Trinajstić information content (AvgIpc) is 2.71. The summed E-state index contributed by atoms with van der Waals surface area (Å²) in [5, 5.41) is 15.4. The molecule has 1 aromatic carbocycles. The maximum absolute atomic E-state index is 13.2. The predicted octanol–water partition coefficient (Wildman–Crippen LogP) is 0.533. The Morgan fingerprint density at radius 1 is 1.14 bits per heavy atom. The molecule has 160 valence electrons. The van der Waals surface area contributed by atoms with Crippen molar-refractivity contribution >= 4 is 17.8 Å². The van der Waals surface area contributed by atoms with Crippen molar-refractivity contribution in [1.82, 2.24) is 20.4 Å². The lowest BCUT2D eigenvalue weighted by Gasteiger charge is -2.41. The fraction of sp³-hybridized carbons (Fsp3) is 0.571. The molecule has 1 aromatic rings. The minimum absolute atomic E-state index is 0.160. The Labute approximate surface area is 172 Å². The van der Waals surface area contributed by atoms with Crippen LogP contribution in [-0.4, -0.2) is 77.5 Å².